The van der Waals surface area contributed by atoms with Crippen molar-refractivity contribution in [1.82, 2.24) is 24.6 Å². The van der Waals surface area contributed by atoms with Gasteiger partial charge in [-0.2, -0.15) is 4.31 Å². The van der Waals surface area contributed by atoms with Crippen molar-refractivity contribution in [3.05, 3.63) is 18.2 Å². The molecule has 2 fully saturated rings. The Hall–Kier alpha value is -2.04. The summed E-state index contributed by atoms with van der Waals surface area (Å²) in [6.07, 6.45) is 6.10. The zero-order valence-electron chi connectivity index (χ0n) is 17.1. The highest BCUT2D eigenvalue weighted by Gasteiger charge is 2.26. The van der Waals surface area contributed by atoms with E-state index in [0.29, 0.717) is 44.5 Å². The molecule has 0 saturated carbocycles. The normalized spacial score (nSPS) is 20.6. The Bertz CT molecular complexity index is 978. The third-order valence-corrected chi connectivity index (χ3v) is 7.66. The molecular formula is C20H29N5O4S. The van der Waals surface area contributed by atoms with Gasteiger partial charge in [0.15, 0.2) is 0 Å². The van der Waals surface area contributed by atoms with E-state index in [-0.39, 0.29) is 16.9 Å². The van der Waals surface area contributed by atoms with Crippen molar-refractivity contribution in [3.63, 3.8) is 0 Å². The summed E-state index contributed by atoms with van der Waals surface area (Å²) in [6.45, 7) is 3.03. The first-order chi connectivity index (χ1) is 14.5. The van der Waals surface area contributed by atoms with Crippen LogP contribution in [-0.4, -0.2) is 66.0 Å². The minimum atomic E-state index is -3.49. The van der Waals surface area contributed by atoms with Crippen molar-refractivity contribution in [2.24, 2.45) is 0 Å². The fourth-order valence-corrected chi connectivity index (χ4v) is 5.58. The predicted molar refractivity (Wildman–Crippen MR) is 111 cm³/mol. The number of nitrogens with one attached hydrogen (secondary N) is 1. The lowest BCUT2D eigenvalue weighted by atomic mass is 10.2. The first-order valence-corrected chi connectivity index (χ1v) is 12.2. The van der Waals surface area contributed by atoms with Crippen molar-refractivity contribution in [2.45, 2.75) is 62.5 Å². The summed E-state index contributed by atoms with van der Waals surface area (Å²) in [6, 6.07) is 4.97. The molecule has 1 aromatic carbocycles. The molecule has 0 bridgehead atoms. The number of piperidine rings is 1. The lowest BCUT2D eigenvalue weighted by Crippen LogP contribution is -2.35. The second-order valence-corrected chi connectivity index (χ2v) is 9.91. The molecule has 1 atom stereocenters. The van der Waals surface area contributed by atoms with Crippen LogP contribution >= 0.6 is 0 Å². The van der Waals surface area contributed by atoms with Gasteiger partial charge in [-0.3, -0.25) is 4.79 Å². The van der Waals surface area contributed by atoms with E-state index in [9.17, 15) is 13.2 Å². The van der Waals surface area contributed by atoms with E-state index < -0.39 is 10.0 Å². The van der Waals surface area contributed by atoms with Gasteiger partial charge < -0.3 is 10.1 Å². The quantitative estimate of drug-likeness (QED) is 0.676. The third kappa shape index (κ3) is 4.81. The highest BCUT2D eigenvalue weighted by molar-refractivity contribution is 7.89. The lowest BCUT2D eigenvalue weighted by Gasteiger charge is -2.25. The number of carbonyl (C=O) groups is 1. The van der Waals surface area contributed by atoms with Gasteiger partial charge in [0.25, 0.3) is 0 Å². The van der Waals surface area contributed by atoms with E-state index >= 15 is 0 Å². The van der Waals surface area contributed by atoms with Crippen molar-refractivity contribution < 1.29 is 17.9 Å². The number of hydrogen-bond acceptors (Lipinski definition) is 6. The number of aromatic nitrogens is 3. The maximum atomic E-state index is 12.9. The summed E-state index contributed by atoms with van der Waals surface area (Å²) in [4.78, 5) is 12.3. The number of carbonyl (C=O) groups excluding carboxylic acids is 1. The van der Waals surface area contributed by atoms with Gasteiger partial charge in [-0.15, -0.1) is 5.10 Å². The Kier molecular flexibility index (Phi) is 6.64. The summed E-state index contributed by atoms with van der Waals surface area (Å²) in [7, 11) is -3.49. The van der Waals surface area contributed by atoms with E-state index in [2.05, 4.69) is 15.6 Å². The van der Waals surface area contributed by atoms with Crippen molar-refractivity contribution in [3.8, 4) is 0 Å². The second-order valence-electron chi connectivity index (χ2n) is 7.97. The van der Waals surface area contributed by atoms with Crippen LogP contribution in [-0.2, 0) is 26.1 Å². The van der Waals surface area contributed by atoms with E-state index in [1.807, 2.05) is 0 Å². The molecule has 2 aliphatic heterocycles. The Morgan fingerprint density at radius 3 is 2.80 bits per heavy atom. The van der Waals surface area contributed by atoms with E-state index in [0.717, 1.165) is 44.2 Å². The molecule has 10 heteroatoms. The fourth-order valence-electron chi connectivity index (χ4n) is 4.04. The molecule has 0 aliphatic carbocycles. The molecule has 2 saturated heterocycles. The summed E-state index contributed by atoms with van der Waals surface area (Å²) < 4.78 is 34.5. The van der Waals surface area contributed by atoms with Crippen molar-refractivity contribution >= 4 is 27.0 Å². The van der Waals surface area contributed by atoms with Crippen LogP contribution in [0.15, 0.2) is 23.1 Å². The van der Waals surface area contributed by atoms with Gasteiger partial charge in [0, 0.05) is 39.2 Å². The number of aryl methyl sites for hydroxylation is 1. The molecule has 0 radical (unpaired) electrons. The van der Waals surface area contributed by atoms with Gasteiger partial charge >= 0.3 is 0 Å². The monoisotopic (exact) mass is 435 g/mol. The molecule has 164 valence electrons. The average molecular weight is 436 g/mol. The maximum Gasteiger partial charge on any atom is 0.243 e. The highest BCUT2D eigenvalue weighted by Crippen LogP contribution is 2.23. The molecule has 3 heterocycles. The second kappa shape index (κ2) is 9.40. The largest absolute Gasteiger partial charge is 0.376 e. The molecule has 2 aromatic rings. The molecule has 0 unspecified atom stereocenters. The van der Waals surface area contributed by atoms with Gasteiger partial charge in [-0.25, -0.2) is 13.1 Å². The third-order valence-electron chi connectivity index (χ3n) is 5.76. The molecule has 1 N–H and O–H groups in total. The standard InChI is InChI=1S/C20H29N5O4S/c26-20(21-15-16-6-5-13-29-16)7-4-12-25-19-9-8-17(14-18(19)22-23-25)30(27,28)24-10-2-1-3-11-24/h8-9,14,16H,1-7,10-13,15H2,(H,21,26)/t16-/m1/s1. The molecule has 4 rings (SSSR count). The van der Waals surface area contributed by atoms with Crippen molar-refractivity contribution in [2.75, 3.05) is 26.2 Å². The Morgan fingerprint density at radius 2 is 2.03 bits per heavy atom. The van der Waals surface area contributed by atoms with Crippen molar-refractivity contribution in [1.29, 1.82) is 0 Å². The first-order valence-electron chi connectivity index (χ1n) is 10.8. The summed E-state index contributed by atoms with van der Waals surface area (Å²) >= 11 is 0. The number of rotatable bonds is 8. The number of ether oxygens (including phenoxy) is 1. The van der Waals surface area contributed by atoms with Crippen LogP contribution in [0.25, 0.3) is 11.0 Å². The van der Waals surface area contributed by atoms with Gasteiger partial charge in [0.1, 0.15) is 5.52 Å². The number of hydrogen-bond donors (Lipinski definition) is 1. The summed E-state index contributed by atoms with van der Waals surface area (Å²) in [5, 5.41) is 11.2. The predicted octanol–water partition coefficient (Wildman–Crippen LogP) is 1.68. The number of benzene rings is 1. The molecule has 2 aliphatic rings. The first kappa shape index (κ1) is 21.2. The average Bonchev–Trinajstić information content (AvgIpc) is 3.42. The van der Waals surface area contributed by atoms with Gasteiger partial charge in [-0.1, -0.05) is 11.6 Å². The van der Waals surface area contributed by atoms with Crippen LogP contribution in [0.2, 0.25) is 0 Å². The summed E-state index contributed by atoms with van der Waals surface area (Å²) in [5.41, 5.74) is 1.32. The number of sulfonamides is 1. The smallest absolute Gasteiger partial charge is 0.243 e. The lowest BCUT2D eigenvalue weighted by molar-refractivity contribution is -0.121. The Balaban J connectivity index is 1.33. The molecule has 9 nitrogen and oxygen atoms in total. The van der Waals surface area contributed by atoms with Crippen LogP contribution in [0.1, 0.15) is 44.9 Å². The molecular weight excluding hydrogens is 406 g/mol. The molecule has 1 amide bonds. The minimum absolute atomic E-state index is 0.00447. The van der Waals surface area contributed by atoms with Gasteiger partial charge in [0.05, 0.1) is 16.5 Å². The van der Waals surface area contributed by atoms with E-state index in [4.69, 9.17) is 4.74 Å². The minimum Gasteiger partial charge on any atom is -0.376 e. The zero-order valence-corrected chi connectivity index (χ0v) is 17.9. The number of fused-ring (bicyclic) bond motifs is 1. The van der Waals surface area contributed by atoms with Gasteiger partial charge in [-0.05, 0) is 50.3 Å². The number of nitrogens with zero attached hydrogens (tertiary/aromatic N) is 4. The van der Waals surface area contributed by atoms with Crippen LogP contribution in [0.3, 0.4) is 0 Å². The highest BCUT2D eigenvalue weighted by atomic mass is 32.2. The van der Waals surface area contributed by atoms with Gasteiger partial charge in [0.2, 0.25) is 15.9 Å². The Morgan fingerprint density at radius 1 is 1.20 bits per heavy atom. The SMILES string of the molecule is O=C(CCCn1nnc2cc(S(=O)(=O)N3CCCCC3)ccc21)NC[C@H]1CCCO1. The zero-order chi connectivity index (χ0) is 21.0. The Labute approximate surface area is 176 Å². The van der Waals surface area contributed by atoms with Crippen LogP contribution in [0.5, 0.6) is 0 Å². The maximum absolute atomic E-state index is 12.9. The van der Waals surface area contributed by atoms with E-state index in [1.165, 1.54) is 0 Å². The fraction of sp³-hybridized carbons (Fsp3) is 0.650. The molecule has 1 aromatic heterocycles. The van der Waals surface area contributed by atoms with Crippen LogP contribution in [0, 0.1) is 0 Å². The van der Waals surface area contributed by atoms with E-state index in [1.54, 1.807) is 27.2 Å². The topological polar surface area (TPSA) is 106 Å². The van der Waals surface area contributed by atoms with Crippen LogP contribution in [0.4, 0.5) is 0 Å². The number of amides is 1. The molecule has 0 spiro atoms. The molecule has 30 heavy (non-hydrogen) atoms. The summed E-state index contributed by atoms with van der Waals surface area (Å²) in [5.74, 6) is 0.00447. The van der Waals surface area contributed by atoms with Crippen LogP contribution < -0.4 is 5.32 Å².